The highest BCUT2D eigenvalue weighted by atomic mass is 19.1. The Bertz CT molecular complexity index is 519. The molecule has 1 N–H and O–H groups in total. The van der Waals surface area contributed by atoms with Crippen molar-refractivity contribution in [2.75, 3.05) is 25.0 Å². The van der Waals surface area contributed by atoms with Crippen molar-refractivity contribution in [3.05, 3.63) is 29.6 Å². The number of carbonyl (C=O) groups excluding carboxylic acids is 1. The molecule has 0 bridgehead atoms. The molecular formula is C13H15FN2O3. The van der Waals surface area contributed by atoms with Crippen molar-refractivity contribution in [1.82, 2.24) is 4.90 Å². The number of aryl methyl sites for hydroxylation is 1. The summed E-state index contributed by atoms with van der Waals surface area (Å²) in [5.74, 6) is -1.37. The van der Waals surface area contributed by atoms with Gasteiger partial charge in [-0.15, -0.1) is 0 Å². The summed E-state index contributed by atoms with van der Waals surface area (Å²) in [5, 5.41) is 8.64. The van der Waals surface area contributed by atoms with Gasteiger partial charge < -0.3 is 10.0 Å². The molecule has 0 saturated carbocycles. The van der Waals surface area contributed by atoms with Crippen LogP contribution < -0.4 is 4.90 Å². The van der Waals surface area contributed by atoms with E-state index in [4.69, 9.17) is 5.11 Å². The number of carboxylic acid groups (broad SMARTS) is 1. The van der Waals surface area contributed by atoms with E-state index < -0.39 is 11.8 Å². The molecule has 6 heteroatoms. The van der Waals surface area contributed by atoms with E-state index in [9.17, 15) is 14.0 Å². The van der Waals surface area contributed by atoms with E-state index in [-0.39, 0.29) is 18.1 Å². The fourth-order valence-electron chi connectivity index (χ4n) is 2.04. The van der Waals surface area contributed by atoms with Crippen molar-refractivity contribution in [2.24, 2.45) is 0 Å². The normalized spacial score (nSPS) is 15.2. The van der Waals surface area contributed by atoms with E-state index in [1.165, 1.54) is 15.9 Å². The number of halogens is 1. The molecule has 0 radical (unpaired) electrons. The molecule has 0 spiro atoms. The second kappa shape index (κ2) is 5.26. The molecule has 1 aliphatic rings. The smallest absolute Gasteiger partial charge is 0.324 e. The van der Waals surface area contributed by atoms with Crippen LogP contribution in [0.2, 0.25) is 0 Å². The van der Waals surface area contributed by atoms with Crippen LogP contribution in [0.3, 0.4) is 0 Å². The number of benzene rings is 1. The molecule has 1 fully saturated rings. The average Bonchev–Trinajstić information content (AvgIpc) is 2.69. The zero-order valence-corrected chi connectivity index (χ0v) is 10.6. The predicted molar refractivity (Wildman–Crippen MR) is 67.7 cm³/mol. The van der Waals surface area contributed by atoms with Gasteiger partial charge in [0.1, 0.15) is 5.82 Å². The first-order chi connectivity index (χ1) is 8.99. The van der Waals surface area contributed by atoms with Gasteiger partial charge in [-0.25, -0.2) is 9.18 Å². The molecule has 0 aliphatic carbocycles. The molecule has 1 heterocycles. The van der Waals surface area contributed by atoms with Gasteiger partial charge in [0.2, 0.25) is 0 Å². The minimum absolute atomic E-state index is 0.0150. The zero-order valence-electron chi connectivity index (χ0n) is 10.6. The SMILES string of the molecule is CN1CCN(c2cc(CCC(=O)O)ccc2F)C1=O. The summed E-state index contributed by atoms with van der Waals surface area (Å²) in [5.41, 5.74) is 0.929. The fourth-order valence-corrected chi connectivity index (χ4v) is 2.04. The Hall–Kier alpha value is -2.11. The summed E-state index contributed by atoms with van der Waals surface area (Å²) in [4.78, 5) is 25.2. The van der Waals surface area contributed by atoms with Crippen molar-refractivity contribution in [3.8, 4) is 0 Å². The largest absolute Gasteiger partial charge is 0.481 e. The van der Waals surface area contributed by atoms with Gasteiger partial charge >= 0.3 is 12.0 Å². The van der Waals surface area contributed by atoms with Crippen LogP contribution in [0.25, 0.3) is 0 Å². The standard InChI is InChI=1S/C13H15FN2O3/c1-15-6-7-16(13(15)19)11-8-9(2-4-10(11)14)3-5-12(17)18/h2,4,8H,3,5-7H2,1H3,(H,17,18). The molecule has 19 heavy (non-hydrogen) atoms. The number of hydrogen-bond donors (Lipinski definition) is 1. The first-order valence-corrected chi connectivity index (χ1v) is 6.02. The predicted octanol–water partition coefficient (Wildman–Crippen LogP) is 1.71. The second-order valence-corrected chi connectivity index (χ2v) is 4.54. The molecule has 0 atom stereocenters. The lowest BCUT2D eigenvalue weighted by Gasteiger charge is -2.17. The summed E-state index contributed by atoms with van der Waals surface area (Å²) in [7, 11) is 1.66. The third kappa shape index (κ3) is 2.83. The zero-order chi connectivity index (χ0) is 14.0. The molecule has 2 rings (SSSR count). The van der Waals surface area contributed by atoms with Crippen molar-refractivity contribution in [2.45, 2.75) is 12.8 Å². The Morgan fingerprint density at radius 2 is 2.16 bits per heavy atom. The highest BCUT2D eigenvalue weighted by Gasteiger charge is 2.28. The lowest BCUT2D eigenvalue weighted by molar-refractivity contribution is -0.136. The summed E-state index contributed by atoms with van der Waals surface area (Å²) >= 11 is 0. The van der Waals surface area contributed by atoms with Gasteiger partial charge in [0.15, 0.2) is 0 Å². The summed E-state index contributed by atoms with van der Waals surface area (Å²) in [6, 6.07) is 4.13. The van der Waals surface area contributed by atoms with Crippen LogP contribution in [0.4, 0.5) is 14.9 Å². The number of carboxylic acids is 1. The van der Waals surface area contributed by atoms with Crippen LogP contribution in [-0.2, 0) is 11.2 Å². The Morgan fingerprint density at radius 3 is 2.74 bits per heavy atom. The lowest BCUT2D eigenvalue weighted by Crippen LogP contribution is -2.29. The monoisotopic (exact) mass is 266 g/mol. The van der Waals surface area contributed by atoms with E-state index in [0.717, 1.165) is 0 Å². The lowest BCUT2D eigenvalue weighted by atomic mass is 10.1. The molecule has 0 unspecified atom stereocenters. The van der Waals surface area contributed by atoms with Crippen LogP contribution in [0, 0.1) is 5.82 Å². The van der Waals surface area contributed by atoms with Crippen LogP contribution in [0.1, 0.15) is 12.0 Å². The van der Waals surface area contributed by atoms with Gasteiger partial charge in [-0.1, -0.05) is 6.07 Å². The molecule has 1 aromatic carbocycles. The number of rotatable bonds is 4. The number of likely N-dealkylation sites (N-methyl/N-ethyl adjacent to an activating group) is 1. The quantitative estimate of drug-likeness (QED) is 0.902. The maximum absolute atomic E-state index is 13.8. The van der Waals surface area contributed by atoms with Crippen molar-refractivity contribution < 1.29 is 19.1 Å². The summed E-state index contributed by atoms with van der Waals surface area (Å²) in [6.45, 7) is 0.992. The highest BCUT2D eigenvalue weighted by Crippen LogP contribution is 2.25. The minimum atomic E-state index is -0.900. The van der Waals surface area contributed by atoms with Crippen LogP contribution >= 0.6 is 0 Å². The Balaban J connectivity index is 2.22. The van der Waals surface area contributed by atoms with E-state index in [2.05, 4.69) is 0 Å². The molecule has 5 nitrogen and oxygen atoms in total. The average molecular weight is 266 g/mol. The van der Waals surface area contributed by atoms with Crippen molar-refractivity contribution >= 4 is 17.7 Å². The number of amides is 2. The maximum atomic E-state index is 13.8. The number of anilines is 1. The van der Waals surface area contributed by atoms with Gasteiger partial charge in [0.25, 0.3) is 0 Å². The molecule has 2 amide bonds. The number of carbonyl (C=O) groups is 2. The molecule has 1 aromatic rings. The molecule has 1 saturated heterocycles. The molecule has 1 aliphatic heterocycles. The molecular weight excluding hydrogens is 251 g/mol. The summed E-state index contributed by atoms with van der Waals surface area (Å²) in [6.07, 6.45) is 0.305. The van der Waals surface area contributed by atoms with Gasteiger partial charge in [-0.3, -0.25) is 9.69 Å². The van der Waals surface area contributed by atoms with Crippen LogP contribution in [-0.4, -0.2) is 42.1 Å². The number of aliphatic carboxylic acids is 1. The third-order valence-electron chi connectivity index (χ3n) is 3.15. The fraction of sp³-hybridized carbons (Fsp3) is 0.385. The second-order valence-electron chi connectivity index (χ2n) is 4.54. The summed E-state index contributed by atoms with van der Waals surface area (Å²) < 4.78 is 13.8. The molecule has 0 aromatic heterocycles. The topological polar surface area (TPSA) is 60.9 Å². The van der Waals surface area contributed by atoms with Crippen LogP contribution in [0.5, 0.6) is 0 Å². The third-order valence-corrected chi connectivity index (χ3v) is 3.15. The van der Waals surface area contributed by atoms with Gasteiger partial charge in [0.05, 0.1) is 5.69 Å². The minimum Gasteiger partial charge on any atom is -0.481 e. The van der Waals surface area contributed by atoms with E-state index in [1.807, 2.05) is 0 Å². The van der Waals surface area contributed by atoms with Crippen LogP contribution in [0.15, 0.2) is 18.2 Å². The maximum Gasteiger partial charge on any atom is 0.324 e. The van der Waals surface area contributed by atoms with Crippen molar-refractivity contribution in [3.63, 3.8) is 0 Å². The van der Waals surface area contributed by atoms with E-state index in [1.54, 1.807) is 19.2 Å². The van der Waals surface area contributed by atoms with E-state index in [0.29, 0.717) is 25.1 Å². The highest BCUT2D eigenvalue weighted by molar-refractivity contribution is 5.94. The first-order valence-electron chi connectivity index (χ1n) is 6.02. The Morgan fingerprint density at radius 1 is 1.42 bits per heavy atom. The number of nitrogens with zero attached hydrogens (tertiary/aromatic N) is 2. The van der Waals surface area contributed by atoms with Gasteiger partial charge in [-0.2, -0.15) is 0 Å². The molecule has 102 valence electrons. The first kappa shape index (κ1) is 13.3. The Labute approximate surface area is 110 Å². The van der Waals surface area contributed by atoms with Gasteiger partial charge in [0, 0.05) is 26.6 Å². The Kier molecular flexibility index (Phi) is 3.69. The number of hydrogen-bond acceptors (Lipinski definition) is 2. The van der Waals surface area contributed by atoms with Crippen molar-refractivity contribution in [1.29, 1.82) is 0 Å². The number of urea groups is 1. The van der Waals surface area contributed by atoms with Gasteiger partial charge in [-0.05, 0) is 24.1 Å². The van der Waals surface area contributed by atoms with E-state index >= 15 is 0 Å².